The zero-order valence-corrected chi connectivity index (χ0v) is 13.4. The molecule has 2 N–H and O–H groups in total. The van der Waals surface area contributed by atoms with Gasteiger partial charge in [-0.2, -0.15) is 0 Å². The molecule has 0 atom stereocenters. The molecule has 1 aliphatic rings. The second-order valence-electron chi connectivity index (χ2n) is 5.03. The van der Waals surface area contributed by atoms with Gasteiger partial charge in [-0.15, -0.1) is 5.10 Å². The van der Waals surface area contributed by atoms with Gasteiger partial charge in [-0.3, -0.25) is 14.9 Å². The Hall–Kier alpha value is -3.70. The Bertz CT molecular complexity index is 808. The number of carbonyl (C=O) groups is 3. The molecule has 2 aromatic rings. The van der Waals surface area contributed by atoms with E-state index in [0.717, 1.165) is 4.68 Å². The standard InChI is InChI=1S/C14H14N6O6/c21-12(7-26-13(22)6-20-8-15-18-19-20)17-14(23)16-9-1-2-10-11(5-9)25-4-3-24-10/h1-2,5,8H,3-4,6-7H2,(H2,16,17,21,23). The highest BCUT2D eigenvalue weighted by molar-refractivity contribution is 6.02. The molecule has 0 saturated heterocycles. The first kappa shape index (κ1) is 17.1. The van der Waals surface area contributed by atoms with Crippen molar-refractivity contribution in [3.8, 4) is 11.5 Å². The average molecular weight is 362 g/mol. The van der Waals surface area contributed by atoms with E-state index in [0.29, 0.717) is 30.4 Å². The predicted octanol–water partition coefficient (Wildman–Crippen LogP) is -0.664. The van der Waals surface area contributed by atoms with Crippen LogP contribution in [0.2, 0.25) is 0 Å². The molecule has 1 aromatic heterocycles. The van der Waals surface area contributed by atoms with Gasteiger partial charge in [0.15, 0.2) is 18.1 Å². The number of benzene rings is 1. The van der Waals surface area contributed by atoms with Crippen LogP contribution in [-0.4, -0.2) is 57.9 Å². The molecule has 0 bridgehead atoms. The molecule has 0 fully saturated rings. The first-order valence-corrected chi connectivity index (χ1v) is 7.47. The number of hydrogen-bond acceptors (Lipinski definition) is 9. The van der Waals surface area contributed by atoms with Gasteiger partial charge in [0.1, 0.15) is 26.1 Å². The number of nitrogens with one attached hydrogen (secondary N) is 2. The molecule has 136 valence electrons. The number of anilines is 1. The van der Waals surface area contributed by atoms with Crippen LogP contribution in [0.4, 0.5) is 10.5 Å². The number of urea groups is 1. The second-order valence-corrected chi connectivity index (χ2v) is 5.03. The van der Waals surface area contributed by atoms with Crippen molar-refractivity contribution in [2.45, 2.75) is 6.54 Å². The lowest BCUT2D eigenvalue weighted by atomic mass is 10.2. The number of esters is 1. The van der Waals surface area contributed by atoms with E-state index in [9.17, 15) is 14.4 Å². The van der Waals surface area contributed by atoms with Crippen molar-refractivity contribution >= 4 is 23.6 Å². The molecule has 0 spiro atoms. The van der Waals surface area contributed by atoms with Crippen molar-refractivity contribution in [2.75, 3.05) is 25.1 Å². The second kappa shape index (κ2) is 7.92. The minimum atomic E-state index is -0.787. The van der Waals surface area contributed by atoms with Crippen molar-refractivity contribution in [3.63, 3.8) is 0 Å². The maximum atomic E-state index is 11.8. The van der Waals surface area contributed by atoms with Crippen LogP contribution in [0.25, 0.3) is 0 Å². The Morgan fingerprint density at radius 3 is 2.77 bits per heavy atom. The van der Waals surface area contributed by atoms with Gasteiger partial charge in [-0.1, -0.05) is 0 Å². The molecule has 0 radical (unpaired) electrons. The molecule has 12 heteroatoms. The Morgan fingerprint density at radius 2 is 2.00 bits per heavy atom. The average Bonchev–Trinajstić information content (AvgIpc) is 3.12. The minimum absolute atomic E-state index is 0.246. The quantitative estimate of drug-likeness (QED) is 0.661. The molecular formula is C14H14N6O6. The highest BCUT2D eigenvalue weighted by Gasteiger charge is 2.15. The summed E-state index contributed by atoms with van der Waals surface area (Å²) in [5.74, 6) is -0.436. The number of tetrazole rings is 1. The van der Waals surface area contributed by atoms with E-state index < -0.39 is 24.5 Å². The lowest BCUT2D eigenvalue weighted by Gasteiger charge is -2.19. The van der Waals surface area contributed by atoms with Gasteiger partial charge in [0.2, 0.25) is 0 Å². The maximum Gasteiger partial charge on any atom is 0.328 e. The van der Waals surface area contributed by atoms with Crippen LogP contribution in [0.15, 0.2) is 24.5 Å². The van der Waals surface area contributed by atoms with Crippen molar-refractivity contribution in [1.82, 2.24) is 25.5 Å². The number of carbonyl (C=O) groups excluding carboxylic acids is 3. The van der Waals surface area contributed by atoms with Crippen LogP contribution in [0.3, 0.4) is 0 Å². The van der Waals surface area contributed by atoms with E-state index >= 15 is 0 Å². The third-order valence-electron chi connectivity index (χ3n) is 3.10. The van der Waals surface area contributed by atoms with Gasteiger partial charge in [0, 0.05) is 11.8 Å². The van der Waals surface area contributed by atoms with Crippen LogP contribution in [-0.2, 0) is 20.9 Å². The molecular weight excluding hydrogens is 348 g/mol. The Labute approximate surface area is 146 Å². The molecule has 3 rings (SSSR count). The number of rotatable bonds is 5. The highest BCUT2D eigenvalue weighted by Crippen LogP contribution is 2.32. The molecule has 0 aliphatic carbocycles. The van der Waals surface area contributed by atoms with Gasteiger partial charge in [-0.25, -0.2) is 9.48 Å². The van der Waals surface area contributed by atoms with Gasteiger partial charge in [0.25, 0.3) is 5.91 Å². The van der Waals surface area contributed by atoms with E-state index in [-0.39, 0.29) is 6.54 Å². The number of ether oxygens (including phenoxy) is 3. The summed E-state index contributed by atoms with van der Waals surface area (Å²) in [7, 11) is 0. The summed E-state index contributed by atoms with van der Waals surface area (Å²) in [6.45, 7) is 0.0112. The maximum absolute atomic E-state index is 11.8. The molecule has 3 amide bonds. The smallest absolute Gasteiger partial charge is 0.328 e. The van der Waals surface area contributed by atoms with E-state index in [1.165, 1.54) is 6.33 Å². The number of amides is 3. The minimum Gasteiger partial charge on any atom is -0.486 e. The number of nitrogens with zero attached hydrogens (tertiary/aromatic N) is 4. The van der Waals surface area contributed by atoms with E-state index in [4.69, 9.17) is 14.2 Å². The lowest BCUT2D eigenvalue weighted by Crippen LogP contribution is -2.37. The first-order valence-electron chi connectivity index (χ1n) is 7.47. The third kappa shape index (κ3) is 4.66. The Morgan fingerprint density at radius 1 is 1.19 bits per heavy atom. The van der Waals surface area contributed by atoms with Crippen molar-refractivity contribution in [2.24, 2.45) is 0 Å². The zero-order valence-electron chi connectivity index (χ0n) is 13.4. The van der Waals surface area contributed by atoms with E-state index in [1.807, 2.05) is 5.32 Å². The van der Waals surface area contributed by atoms with Crippen LogP contribution < -0.4 is 20.1 Å². The topological polar surface area (TPSA) is 147 Å². The number of aromatic nitrogens is 4. The molecule has 26 heavy (non-hydrogen) atoms. The van der Waals surface area contributed by atoms with Crippen LogP contribution >= 0.6 is 0 Å². The molecule has 1 aromatic carbocycles. The monoisotopic (exact) mass is 362 g/mol. The summed E-state index contributed by atoms with van der Waals surface area (Å²) in [5.41, 5.74) is 0.412. The van der Waals surface area contributed by atoms with Crippen LogP contribution in [0, 0.1) is 0 Å². The van der Waals surface area contributed by atoms with Gasteiger partial charge in [-0.05, 0) is 22.6 Å². The summed E-state index contributed by atoms with van der Waals surface area (Å²) < 4.78 is 16.6. The lowest BCUT2D eigenvalue weighted by molar-refractivity contribution is -0.149. The van der Waals surface area contributed by atoms with E-state index in [1.54, 1.807) is 18.2 Å². The SMILES string of the molecule is O=C(COC(=O)Cn1cnnn1)NC(=O)Nc1ccc2c(c1)OCCO2. The van der Waals surface area contributed by atoms with Gasteiger partial charge < -0.3 is 19.5 Å². The van der Waals surface area contributed by atoms with Crippen molar-refractivity contribution < 1.29 is 28.6 Å². The molecule has 2 heterocycles. The van der Waals surface area contributed by atoms with Gasteiger partial charge >= 0.3 is 12.0 Å². The third-order valence-corrected chi connectivity index (χ3v) is 3.10. The number of imide groups is 1. The molecule has 0 saturated carbocycles. The molecule has 12 nitrogen and oxygen atoms in total. The largest absolute Gasteiger partial charge is 0.486 e. The fraction of sp³-hybridized carbons (Fsp3) is 0.286. The normalized spacial score (nSPS) is 12.2. The summed E-state index contributed by atoms with van der Waals surface area (Å²) in [6, 6.07) is 4.05. The van der Waals surface area contributed by atoms with Crippen molar-refractivity contribution in [3.05, 3.63) is 24.5 Å². The van der Waals surface area contributed by atoms with Gasteiger partial charge in [0.05, 0.1) is 0 Å². The zero-order chi connectivity index (χ0) is 18.4. The Balaban J connectivity index is 1.42. The van der Waals surface area contributed by atoms with Crippen LogP contribution in [0.5, 0.6) is 11.5 Å². The number of hydrogen-bond donors (Lipinski definition) is 2. The summed E-state index contributed by atoms with van der Waals surface area (Å²) in [5, 5.41) is 14.7. The summed E-state index contributed by atoms with van der Waals surface area (Å²) in [4.78, 5) is 34.9. The van der Waals surface area contributed by atoms with Crippen LogP contribution in [0.1, 0.15) is 0 Å². The highest BCUT2D eigenvalue weighted by atomic mass is 16.6. The fourth-order valence-electron chi connectivity index (χ4n) is 2.02. The Kier molecular flexibility index (Phi) is 5.22. The fourth-order valence-corrected chi connectivity index (χ4v) is 2.02. The molecule has 0 unspecified atom stereocenters. The van der Waals surface area contributed by atoms with E-state index in [2.05, 4.69) is 20.8 Å². The summed E-state index contributed by atoms with van der Waals surface area (Å²) in [6.07, 6.45) is 1.22. The first-order chi connectivity index (χ1) is 12.6. The number of fused-ring (bicyclic) bond motifs is 1. The predicted molar refractivity (Wildman–Crippen MR) is 83.4 cm³/mol. The van der Waals surface area contributed by atoms with Crippen molar-refractivity contribution in [1.29, 1.82) is 0 Å². The molecule has 1 aliphatic heterocycles. The summed E-state index contributed by atoms with van der Waals surface area (Å²) >= 11 is 0.